The molecule has 5 nitrogen and oxygen atoms in total. The Kier molecular flexibility index (Phi) is 10.4. The Morgan fingerprint density at radius 3 is 2.54 bits per heavy atom. The third-order valence-electron chi connectivity index (χ3n) is 4.64. The van der Waals surface area contributed by atoms with Crippen LogP contribution >= 0.6 is 12.4 Å². The van der Waals surface area contributed by atoms with Crippen LogP contribution in [-0.4, -0.2) is 50.7 Å². The standard InChI is InChI=1S/C20H32N2O3.ClH/c1-4-6-13-25-18-8-7-17(14-19(18)24-5-2)20(23)22-11-9-16(10-12-22)15-21-3;/h7-8,14,16,21H,4-6,9-13,15H2,1-3H3;1H. The van der Waals surface area contributed by atoms with E-state index < -0.39 is 0 Å². The lowest BCUT2D eigenvalue weighted by Gasteiger charge is -2.32. The Morgan fingerprint density at radius 1 is 1.19 bits per heavy atom. The van der Waals surface area contributed by atoms with E-state index in [1.54, 1.807) is 0 Å². The Morgan fingerprint density at radius 2 is 1.92 bits per heavy atom. The molecule has 0 saturated carbocycles. The van der Waals surface area contributed by atoms with Gasteiger partial charge < -0.3 is 19.7 Å². The number of nitrogens with one attached hydrogen (secondary N) is 1. The first-order valence-corrected chi connectivity index (χ1v) is 9.53. The molecular formula is C20H33ClN2O3. The van der Waals surface area contributed by atoms with Crippen molar-refractivity contribution in [2.45, 2.75) is 39.5 Å². The third-order valence-corrected chi connectivity index (χ3v) is 4.64. The van der Waals surface area contributed by atoms with E-state index in [1.165, 1.54) is 0 Å². The second kappa shape index (κ2) is 12.0. The SMILES string of the molecule is CCCCOc1ccc(C(=O)N2CCC(CNC)CC2)cc1OCC.Cl. The second-order valence-corrected chi connectivity index (χ2v) is 6.59. The highest BCUT2D eigenvalue weighted by Gasteiger charge is 2.24. The number of benzene rings is 1. The van der Waals surface area contributed by atoms with E-state index in [2.05, 4.69) is 12.2 Å². The lowest BCUT2D eigenvalue weighted by molar-refractivity contribution is 0.0690. The normalized spacial score (nSPS) is 14.7. The zero-order valence-corrected chi connectivity index (χ0v) is 17.1. The largest absolute Gasteiger partial charge is 0.490 e. The van der Waals surface area contributed by atoms with Gasteiger partial charge in [0.1, 0.15) is 0 Å². The average molecular weight is 385 g/mol. The van der Waals surface area contributed by atoms with E-state index in [9.17, 15) is 4.79 Å². The maximum atomic E-state index is 12.8. The van der Waals surface area contributed by atoms with Crippen LogP contribution in [-0.2, 0) is 0 Å². The van der Waals surface area contributed by atoms with Crippen LogP contribution in [0.5, 0.6) is 11.5 Å². The van der Waals surface area contributed by atoms with Crippen molar-refractivity contribution in [3.8, 4) is 11.5 Å². The number of piperidine rings is 1. The van der Waals surface area contributed by atoms with Crippen molar-refractivity contribution in [3.05, 3.63) is 23.8 Å². The smallest absolute Gasteiger partial charge is 0.253 e. The minimum Gasteiger partial charge on any atom is -0.490 e. The predicted octanol–water partition coefficient (Wildman–Crippen LogP) is 3.76. The summed E-state index contributed by atoms with van der Waals surface area (Å²) in [7, 11) is 1.98. The van der Waals surface area contributed by atoms with Gasteiger partial charge in [-0.2, -0.15) is 0 Å². The number of carbonyl (C=O) groups excluding carboxylic acids is 1. The van der Waals surface area contributed by atoms with Gasteiger partial charge >= 0.3 is 0 Å². The van der Waals surface area contributed by atoms with Crippen LogP contribution in [0.25, 0.3) is 0 Å². The number of unbranched alkanes of at least 4 members (excludes halogenated alkanes) is 1. The van der Waals surface area contributed by atoms with Crippen molar-refractivity contribution in [1.29, 1.82) is 0 Å². The summed E-state index contributed by atoms with van der Waals surface area (Å²) in [6.45, 7) is 7.97. The zero-order valence-electron chi connectivity index (χ0n) is 16.3. The van der Waals surface area contributed by atoms with Gasteiger partial charge in [0.2, 0.25) is 0 Å². The van der Waals surface area contributed by atoms with Crippen molar-refractivity contribution < 1.29 is 14.3 Å². The topological polar surface area (TPSA) is 50.8 Å². The van der Waals surface area contributed by atoms with Crippen molar-refractivity contribution in [2.75, 3.05) is 39.9 Å². The highest BCUT2D eigenvalue weighted by atomic mass is 35.5. The first-order chi connectivity index (χ1) is 12.2. The van der Waals surface area contributed by atoms with E-state index in [-0.39, 0.29) is 18.3 Å². The van der Waals surface area contributed by atoms with Gasteiger partial charge in [0, 0.05) is 18.7 Å². The molecule has 1 aromatic rings. The molecule has 0 aliphatic carbocycles. The van der Waals surface area contributed by atoms with E-state index >= 15 is 0 Å². The Labute approximate surface area is 163 Å². The molecule has 1 amide bonds. The number of likely N-dealkylation sites (tertiary alicyclic amines) is 1. The quantitative estimate of drug-likeness (QED) is 0.658. The first kappa shape index (κ1) is 22.6. The Bertz CT molecular complexity index is 546. The molecule has 148 valence electrons. The number of hydrogen-bond donors (Lipinski definition) is 1. The van der Waals surface area contributed by atoms with Gasteiger partial charge in [-0.1, -0.05) is 13.3 Å². The Hall–Kier alpha value is -1.46. The molecule has 1 fully saturated rings. The molecule has 26 heavy (non-hydrogen) atoms. The molecule has 0 atom stereocenters. The summed E-state index contributed by atoms with van der Waals surface area (Å²) in [6.07, 6.45) is 4.21. The van der Waals surface area contributed by atoms with Crippen LogP contribution in [0.1, 0.15) is 49.9 Å². The van der Waals surface area contributed by atoms with Crippen molar-refractivity contribution in [2.24, 2.45) is 5.92 Å². The molecule has 0 bridgehead atoms. The summed E-state index contributed by atoms with van der Waals surface area (Å²) >= 11 is 0. The van der Waals surface area contributed by atoms with Gasteiger partial charge in [-0.25, -0.2) is 0 Å². The molecule has 1 aliphatic rings. The van der Waals surface area contributed by atoms with Gasteiger partial charge in [-0.15, -0.1) is 12.4 Å². The summed E-state index contributed by atoms with van der Waals surface area (Å²) in [5.74, 6) is 2.14. The monoisotopic (exact) mass is 384 g/mol. The molecule has 1 saturated heterocycles. The number of hydrogen-bond acceptors (Lipinski definition) is 4. The fourth-order valence-electron chi connectivity index (χ4n) is 3.17. The van der Waals surface area contributed by atoms with Crippen LogP contribution in [0, 0.1) is 5.92 Å². The zero-order chi connectivity index (χ0) is 18.1. The molecule has 6 heteroatoms. The number of nitrogens with zero attached hydrogens (tertiary/aromatic N) is 1. The first-order valence-electron chi connectivity index (χ1n) is 9.53. The average Bonchev–Trinajstić information content (AvgIpc) is 2.63. The van der Waals surface area contributed by atoms with Crippen LogP contribution in [0.3, 0.4) is 0 Å². The second-order valence-electron chi connectivity index (χ2n) is 6.59. The number of carbonyl (C=O) groups is 1. The van der Waals surface area contributed by atoms with E-state index in [4.69, 9.17) is 9.47 Å². The summed E-state index contributed by atoms with van der Waals surface area (Å²) in [6, 6.07) is 5.54. The summed E-state index contributed by atoms with van der Waals surface area (Å²) < 4.78 is 11.5. The molecule has 0 radical (unpaired) electrons. The summed E-state index contributed by atoms with van der Waals surface area (Å²) in [5.41, 5.74) is 0.679. The highest BCUT2D eigenvalue weighted by Crippen LogP contribution is 2.30. The number of rotatable bonds is 9. The predicted molar refractivity (Wildman–Crippen MR) is 108 cm³/mol. The van der Waals surface area contributed by atoms with Crippen LogP contribution < -0.4 is 14.8 Å². The number of halogens is 1. The number of amides is 1. The minimum absolute atomic E-state index is 0. The van der Waals surface area contributed by atoms with Crippen molar-refractivity contribution in [1.82, 2.24) is 10.2 Å². The lowest BCUT2D eigenvalue weighted by atomic mass is 9.96. The van der Waals surface area contributed by atoms with Gasteiger partial charge in [0.25, 0.3) is 5.91 Å². The molecule has 1 N–H and O–H groups in total. The van der Waals surface area contributed by atoms with Crippen LogP contribution in [0.4, 0.5) is 0 Å². The summed E-state index contributed by atoms with van der Waals surface area (Å²) in [4.78, 5) is 14.8. The fourth-order valence-corrected chi connectivity index (χ4v) is 3.17. The van der Waals surface area contributed by atoms with E-state index in [1.807, 2.05) is 37.1 Å². The Balaban J connectivity index is 0.00000338. The van der Waals surface area contributed by atoms with Gasteiger partial charge in [0.05, 0.1) is 13.2 Å². The van der Waals surface area contributed by atoms with Crippen molar-refractivity contribution in [3.63, 3.8) is 0 Å². The van der Waals surface area contributed by atoms with Crippen LogP contribution in [0.2, 0.25) is 0 Å². The van der Waals surface area contributed by atoms with E-state index in [0.717, 1.165) is 51.1 Å². The molecule has 2 rings (SSSR count). The van der Waals surface area contributed by atoms with Gasteiger partial charge in [-0.3, -0.25) is 4.79 Å². The van der Waals surface area contributed by atoms with Crippen molar-refractivity contribution >= 4 is 18.3 Å². The van der Waals surface area contributed by atoms with Crippen LogP contribution in [0.15, 0.2) is 18.2 Å². The lowest BCUT2D eigenvalue weighted by Crippen LogP contribution is -2.40. The maximum Gasteiger partial charge on any atom is 0.253 e. The van der Waals surface area contributed by atoms with E-state index in [0.29, 0.717) is 30.4 Å². The number of ether oxygens (including phenoxy) is 2. The van der Waals surface area contributed by atoms with Gasteiger partial charge in [0.15, 0.2) is 11.5 Å². The summed E-state index contributed by atoms with van der Waals surface area (Å²) in [5, 5.41) is 3.23. The third kappa shape index (κ3) is 6.36. The molecule has 1 aromatic carbocycles. The van der Waals surface area contributed by atoms with Gasteiger partial charge in [-0.05, 0) is 63.9 Å². The molecule has 0 unspecified atom stereocenters. The fraction of sp³-hybridized carbons (Fsp3) is 0.650. The molecule has 0 spiro atoms. The maximum absolute atomic E-state index is 12.8. The minimum atomic E-state index is 0. The molecule has 0 aromatic heterocycles. The molecular weight excluding hydrogens is 352 g/mol. The highest BCUT2D eigenvalue weighted by molar-refractivity contribution is 5.95. The molecule has 1 aliphatic heterocycles. The molecule has 1 heterocycles.